The first-order chi connectivity index (χ1) is 10.1. The third-order valence-electron chi connectivity index (χ3n) is 4.13. The van der Waals surface area contributed by atoms with Crippen molar-refractivity contribution in [2.24, 2.45) is 0 Å². The van der Waals surface area contributed by atoms with Gasteiger partial charge in [-0.05, 0) is 44.0 Å². The second kappa shape index (κ2) is 7.27. The molecule has 2 atom stereocenters. The molecule has 0 heterocycles. The molecule has 0 radical (unpaired) electrons. The van der Waals surface area contributed by atoms with Crippen LogP contribution in [0, 0.1) is 0 Å². The SMILES string of the molecule is CCCNC1CCCCC1S(=O)(=O)c1cccc(OC)c1. The number of rotatable bonds is 6. The standard InChI is InChI=1S/C16H25NO3S/c1-3-11-17-15-9-4-5-10-16(15)21(18,19)14-8-6-7-13(12-14)20-2/h6-8,12,15-17H,3-5,9-11H2,1-2H3. The van der Waals surface area contributed by atoms with Crippen LogP contribution >= 0.6 is 0 Å². The van der Waals surface area contributed by atoms with Crippen LogP contribution in [-0.2, 0) is 9.84 Å². The number of sulfone groups is 1. The van der Waals surface area contributed by atoms with E-state index in [1.165, 1.54) is 0 Å². The molecule has 1 aliphatic carbocycles. The molecule has 0 bridgehead atoms. The van der Waals surface area contributed by atoms with Crippen LogP contribution in [0.2, 0.25) is 0 Å². The van der Waals surface area contributed by atoms with E-state index in [1.807, 2.05) is 0 Å². The lowest BCUT2D eigenvalue weighted by Crippen LogP contribution is -2.46. The Morgan fingerprint density at radius 1 is 1.29 bits per heavy atom. The molecule has 1 fully saturated rings. The summed E-state index contributed by atoms with van der Waals surface area (Å²) in [4.78, 5) is 0.372. The molecular weight excluding hydrogens is 286 g/mol. The Kier molecular flexibility index (Phi) is 5.65. The number of nitrogens with one attached hydrogen (secondary N) is 1. The molecule has 1 aromatic carbocycles. The van der Waals surface area contributed by atoms with Gasteiger partial charge in [0.15, 0.2) is 9.84 Å². The van der Waals surface area contributed by atoms with Crippen molar-refractivity contribution in [1.29, 1.82) is 0 Å². The fourth-order valence-corrected chi connectivity index (χ4v) is 5.02. The van der Waals surface area contributed by atoms with Crippen molar-refractivity contribution in [3.8, 4) is 5.75 Å². The number of ether oxygens (including phenoxy) is 1. The lowest BCUT2D eigenvalue weighted by molar-refractivity contribution is 0.371. The van der Waals surface area contributed by atoms with Gasteiger partial charge in [-0.15, -0.1) is 0 Å². The quantitative estimate of drug-likeness (QED) is 0.877. The highest BCUT2D eigenvalue weighted by atomic mass is 32.2. The number of benzene rings is 1. The maximum Gasteiger partial charge on any atom is 0.182 e. The van der Waals surface area contributed by atoms with Crippen LogP contribution < -0.4 is 10.1 Å². The van der Waals surface area contributed by atoms with Gasteiger partial charge in [-0.25, -0.2) is 8.42 Å². The summed E-state index contributed by atoms with van der Waals surface area (Å²) in [5.41, 5.74) is 0. The first-order valence-corrected chi connectivity index (χ1v) is 9.25. The zero-order chi connectivity index (χ0) is 15.3. The van der Waals surface area contributed by atoms with Crippen LogP contribution in [0.5, 0.6) is 5.75 Å². The Labute approximate surface area is 127 Å². The van der Waals surface area contributed by atoms with Gasteiger partial charge >= 0.3 is 0 Å². The molecule has 1 saturated carbocycles. The van der Waals surface area contributed by atoms with Gasteiger partial charge in [0.25, 0.3) is 0 Å². The van der Waals surface area contributed by atoms with Crippen molar-refractivity contribution in [3.05, 3.63) is 24.3 Å². The molecule has 0 aliphatic heterocycles. The lowest BCUT2D eigenvalue weighted by Gasteiger charge is -2.32. The average molecular weight is 311 g/mol. The number of hydrogen-bond donors (Lipinski definition) is 1. The van der Waals surface area contributed by atoms with Gasteiger partial charge in [-0.3, -0.25) is 0 Å². The largest absolute Gasteiger partial charge is 0.497 e. The van der Waals surface area contributed by atoms with Crippen LogP contribution in [0.3, 0.4) is 0 Å². The topological polar surface area (TPSA) is 55.4 Å². The van der Waals surface area contributed by atoms with Gasteiger partial charge in [0.2, 0.25) is 0 Å². The number of methoxy groups -OCH3 is 1. The normalized spacial score (nSPS) is 23.0. The van der Waals surface area contributed by atoms with E-state index < -0.39 is 9.84 Å². The summed E-state index contributed by atoms with van der Waals surface area (Å²) in [6.45, 7) is 2.97. The molecular formula is C16H25NO3S. The van der Waals surface area contributed by atoms with E-state index >= 15 is 0 Å². The molecule has 2 unspecified atom stereocenters. The first kappa shape index (κ1) is 16.3. The zero-order valence-corrected chi connectivity index (χ0v) is 13.7. The molecule has 118 valence electrons. The minimum Gasteiger partial charge on any atom is -0.497 e. The summed E-state index contributed by atoms with van der Waals surface area (Å²) in [5, 5.41) is 3.09. The van der Waals surface area contributed by atoms with Crippen LogP contribution in [-0.4, -0.2) is 33.4 Å². The highest BCUT2D eigenvalue weighted by Gasteiger charge is 2.36. The Bertz CT molecular complexity index is 556. The van der Waals surface area contributed by atoms with E-state index in [4.69, 9.17) is 4.74 Å². The lowest BCUT2D eigenvalue weighted by atomic mass is 9.95. The minimum absolute atomic E-state index is 0.0647. The monoisotopic (exact) mass is 311 g/mol. The van der Waals surface area contributed by atoms with E-state index in [2.05, 4.69) is 12.2 Å². The van der Waals surface area contributed by atoms with Gasteiger partial charge in [-0.1, -0.05) is 25.8 Å². The molecule has 0 amide bonds. The summed E-state index contributed by atoms with van der Waals surface area (Å²) < 4.78 is 31.0. The Balaban J connectivity index is 2.26. The highest BCUT2D eigenvalue weighted by molar-refractivity contribution is 7.92. The summed E-state index contributed by atoms with van der Waals surface area (Å²) in [6, 6.07) is 6.87. The molecule has 21 heavy (non-hydrogen) atoms. The maximum atomic E-state index is 12.9. The molecule has 1 N–H and O–H groups in total. The molecule has 5 heteroatoms. The van der Waals surface area contributed by atoms with E-state index in [9.17, 15) is 8.42 Å². The molecule has 0 spiro atoms. The predicted molar refractivity (Wildman–Crippen MR) is 84.5 cm³/mol. The predicted octanol–water partition coefficient (Wildman–Crippen LogP) is 2.78. The van der Waals surface area contributed by atoms with E-state index in [0.717, 1.165) is 38.6 Å². The van der Waals surface area contributed by atoms with E-state index in [-0.39, 0.29) is 11.3 Å². The molecule has 0 saturated heterocycles. The van der Waals surface area contributed by atoms with Crippen LogP contribution in [0.15, 0.2) is 29.2 Å². The van der Waals surface area contributed by atoms with Crippen molar-refractivity contribution >= 4 is 9.84 Å². The highest BCUT2D eigenvalue weighted by Crippen LogP contribution is 2.30. The zero-order valence-electron chi connectivity index (χ0n) is 12.8. The van der Waals surface area contributed by atoms with Gasteiger partial charge in [0.05, 0.1) is 17.3 Å². The van der Waals surface area contributed by atoms with Gasteiger partial charge < -0.3 is 10.1 Å². The van der Waals surface area contributed by atoms with Crippen LogP contribution in [0.25, 0.3) is 0 Å². The Morgan fingerprint density at radius 3 is 2.76 bits per heavy atom. The minimum atomic E-state index is -3.32. The second-order valence-corrected chi connectivity index (χ2v) is 7.77. The summed E-state index contributed by atoms with van der Waals surface area (Å²) in [5.74, 6) is 0.588. The summed E-state index contributed by atoms with van der Waals surface area (Å²) in [6.07, 6.45) is 4.78. The fourth-order valence-electron chi connectivity index (χ4n) is 2.98. The van der Waals surface area contributed by atoms with Gasteiger partial charge in [0.1, 0.15) is 5.75 Å². The van der Waals surface area contributed by atoms with E-state index in [1.54, 1.807) is 31.4 Å². The van der Waals surface area contributed by atoms with E-state index in [0.29, 0.717) is 10.6 Å². The molecule has 0 aromatic heterocycles. The molecule has 2 rings (SSSR count). The van der Waals surface area contributed by atoms with Crippen molar-refractivity contribution in [2.75, 3.05) is 13.7 Å². The van der Waals surface area contributed by atoms with Crippen LogP contribution in [0.4, 0.5) is 0 Å². The van der Waals surface area contributed by atoms with Crippen LogP contribution in [0.1, 0.15) is 39.0 Å². The summed E-state index contributed by atoms with van der Waals surface area (Å²) in [7, 11) is -1.76. The average Bonchev–Trinajstić information content (AvgIpc) is 2.53. The van der Waals surface area contributed by atoms with Crippen molar-refractivity contribution < 1.29 is 13.2 Å². The Morgan fingerprint density at radius 2 is 2.05 bits per heavy atom. The van der Waals surface area contributed by atoms with Gasteiger partial charge in [0, 0.05) is 6.04 Å². The van der Waals surface area contributed by atoms with Crippen molar-refractivity contribution in [3.63, 3.8) is 0 Å². The fraction of sp³-hybridized carbons (Fsp3) is 0.625. The molecule has 1 aromatic rings. The number of hydrogen-bond acceptors (Lipinski definition) is 4. The second-order valence-electron chi connectivity index (χ2n) is 5.61. The third kappa shape index (κ3) is 3.77. The molecule has 1 aliphatic rings. The smallest absolute Gasteiger partial charge is 0.182 e. The van der Waals surface area contributed by atoms with Crippen molar-refractivity contribution in [1.82, 2.24) is 5.32 Å². The van der Waals surface area contributed by atoms with Crippen molar-refractivity contribution in [2.45, 2.75) is 55.2 Å². The van der Waals surface area contributed by atoms with Gasteiger partial charge in [-0.2, -0.15) is 0 Å². The first-order valence-electron chi connectivity index (χ1n) is 7.71. The maximum absolute atomic E-state index is 12.9. The summed E-state index contributed by atoms with van der Waals surface area (Å²) >= 11 is 0. The Hall–Kier alpha value is -1.07. The third-order valence-corrected chi connectivity index (χ3v) is 6.40. The molecule has 4 nitrogen and oxygen atoms in total.